The lowest BCUT2D eigenvalue weighted by Crippen LogP contribution is -2.48. The largest absolute Gasteiger partial charge is 0.341 e. The van der Waals surface area contributed by atoms with Gasteiger partial charge in [-0.25, -0.2) is 0 Å². The Balaban J connectivity index is 2.44. The first-order chi connectivity index (χ1) is 8.69. The van der Waals surface area contributed by atoms with Gasteiger partial charge >= 0.3 is 0 Å². The van der Waals surface area contributed by atoms with Crippen LogP contribution >= 0.6 is 0 Å². The zero-order chi connectivity index (χ0) is 14.6. The third-order valence-electron chi connectivity index (χ3n) is 3.79. The summed E-state index contributed by atoms with van der Waals surface area (Å²) in [5.74, 6) is 0.225. The number of hydrogen-bond donors (Lipinski definition) is 1. The summed E-state index contributed by atoms with van der Waals surface area (Å²) in [6, 6.07) is 0.476. The summed E-state index contributed by atoms with van der Waals surface area (Å²) in [4.78, 5) is 16.5. The maximum absolute atomic E-state index is 12.3. The topological polar surface area (TPSA) is 49.6 Å². The minimum atomic E-state index is -0.0211. The second kappa shape index (κ2) is 6.71. The second-order valence-electron chi connectivity index (χ2n) is 7.33. The summed E-state index contributed by atoms with van der Waals surface area (Å²) >= 11 is 0. The van der Waals surface area contributed by atoms with Gasteiger partial charge in [-0.3, -0.25) is 4.79 Å². The summed E-state index contributed by atoms with van der Waals surface area (Å²) in [7, 11) is 4.17. The second-order valence-corrected chi connectivity index (χ2v) is 7.33. The summed E-state index contributed by atoms with van der Waals surface area (Å²) in [5, 5.41) is 0. The van der Waals surface area contributed by atoms with Crippen molar-refractivity contribution in [2.24, 2.45) is 11.1 Å². The molecule has 1 saturated heterocycles. The van der Waals surface area contributed by atoms with Crippen LogP contribution in [0.3, 0.4) is 0 Å². The fourth-order valence-electron chi connectivity index (χ4n) is 2.81. The van der Waals surface area contributed by atoms with Crippen LogP contribution in [0.15, 0.2) is 0 Å². The molecule has 19 heavy (non-hydrogen) atoms. The number of amides is 1. The average Bonchev–Trinajstić information content (AvgIpc) is 2.26. The molecule has 1 rings (SSSR count). The molecule has 1 aliphatic heterocycles. The van der Waals surface area contributed by atoms with Crippen molar-refractivity contribution in [1.82, 2.24) is 9.80 Å². The first-order valence-corrected chi connectivity index (χ1v) is 7.39. The van der Waals surface area contributed by atoms with Gasteiger partial charge in [-0.15, -0.1) is 0 Å². The molecule has 0 bridgehead atoms. The lowest BCUT2D eigenvalue weighted by atomic mass is 9.87. The molecule has 0 saturated carbocycles. The minimum Gasteiger partial charge on any atom is -0.341 e. The van der Waals surface area contributed by atoms with Gasteiger partial charge in [-0.2, -0.15) is 0 Å². The molecule has 2 atom stereocenters. The van der Waals surface area contributed by atoms with Crippen molar-refractivity contribution in [2.75, 3.05) is 27.2 Å². The maximum Gasteiger partial charge on any atom is 0.224 e. The van der Waals surface area contributed by atoms with Gasteiger partial charge < -0.3 is 15.5 Å². The average molecular weight is 269 g/mol. The van der Waals surface area contributed by atoms with Crippen LogP contribution in [0, 0.1) is 5.41 Å². The van der Waals surface area contributed by atoms with Crippen LogP contribution in [0.2, 0.25) is 0 Å². The van der Waals surface area contributed by atoms with Crippen molar-refractivity contribution in [1.29, 1.82) is 0 Å². The van der Waals surface area contributed by atoms with Crippen molar-refractivity contribution in [3.8, 4) is 0 Å². The molecule has 0 spiro atoms. The van der Waals surface area contributed by atoms with E-state index >= 15 is 0 Å². The van der Waals surface area contributed by atoms with E-state index in [2.05, 4.69) is 39.8 Å². The molecule has 112 valence electrons. The molecule has 1 aliphatic rings. The molecule has 0 aromatic carbocycles. The highest BCUT2D eigenvalue weighted by atomic mass is 16.2. The molecule has 4 nitrogen and oxygen atoms in total. The van der Waals surface area contributed by atoms with E-state index in [1.165, 1.54) is 6.42 Å². The van der Waals surface area contributed by atoms with Crippen molar-refractivity contribution in [3.63, 3.8) is 0 Å². The zero-order valence-corrected chi connectivity index (χ0v) is 13.3. The molecule has 1 amide bonds. The fourth-order valence-corrected chi connectivity index (χ4v) is 2.81. The minimum absolute atomic E-state index is 0.0211. The zero-order valence-electron chi connectivity index (χ0n) is 13.3. The van der Waals surface area contributed by atoms with Crippen LogP contribution in [0.1, 0.15) is 46.5 Å². The van der Waals surface area contributed by atoms with E-state index in [1.54, 1.807) is 0 Å². The standard InChI is InChI=1S/C15H31N3O/c1-15(2,3)10-12(16)9-14(19)18-8-6-7-13(11-18)17(4)5/h12-13H,6-11,16H2,1-5H3. The number of piperidine rings is 1. The van der Waals surface area contributed by atoms with E-state index in [0.29, 0.717) is 12.5 Å². The van der Waals surface area contributed by atoms with Gasteiger partial charge in [0.15, 0.2) is 0 Å². The predicted octanol–water partition coefficient (Wildman–Crippen LogP) is 1.69. The maximum atomic E-state index is 12.3. The normalized spacial score (nSPS) is 22.7. The molecule has 1 fully saturated rings. The summed E-state index contributed by atoms with van der Waals surface area (Å²) in [6.45, 7) is 8.25. The number of likely N-dealkylation sites (N-methyl/N-ethyl adjacent to an activating group) is 1. The van der Waals surface area contributed by atoms with Gasteiger partial charge in [0.1, 0.15) is 0 Å². The lowest BCUT2D eigenvalue weighted by molar-refractivity contribution is -0.133. The summed E-state index contributed by atoms with van der Waals surface area (Å²) in [5.41, 5.74) is 6.29. The van der Waals surface area contributed by atoms with E-state index in [9.17, 15) is 4.79 Å². The van der Waals surface area contributed by atoms with Crippen molar-refractivity contribution >= 4 is 5.91 Å². The molecule has 2 unspecified atom stereocenters. The molecule has 0 aromatic rings. The summed E-state index contributed by atoms with van der Waals surface area (Å²) < 4.78 is 0. The number of rotatable bonds is 4. The van der Waals surface area contributed by atoms with E-state index in [1.807, 2.05) is 4.90 Å². The van der Waals surface area contributed by atoms with Crippen LogP contribution in [-0.2, 0) is 4.79 Å². The highest BCUT2D eigenvalue weighted by Crippen LogP contribution is 2.22. The number of carbonyl (C=O) groups is 1. The molecule has 2 N–H and O–H groups in total. The molecule has 1 heterocycles. The highest BCUT2D eigenvalue weighted by molar-refractivity contribution is 5.77. The van der Waals surface area contributed by atoms with Crippen LogP contribution in [0.25, 0.3) is 0 Å². The monoisotopic (exact) mass is 269 g/mol. The van der Waals surface area contributed by atoms with Crippen molar-refractivity contribution in [3.05, 3.63) is 0 Å². The van der Waals surface area contributed by atoms with Gasteiger partial charge in [0.25, 0.3) is 0 Å². The van der Waals surface area contributed by atoms with Gasteiger partial charge in [0, 0.05) is 31.6 Å². The van der Waals surface area contributed by atoms with Crippen molar-refractivity contribution in [2.45, 2.75) is 58.5 Å². The lowest BCUT2D eigenvalue weighted by Gasteiger charge is -2.36. The smallest absolute Gasteiger partial charge is 0.224 e. The molecular weight excluding hydrogens is 238 g/mol. The Morgan fingerprint density at radius 1 is 1.42 bits per heavy atom. The Hall–Kier alpha value is -0.610. The van der Waals surface area contributed by atoms with Crippen molar-refractivity contribution < 1.29 is 4.79 Å². The van der Waals surface area contributed by atoms with Gasteiger partial charge in [0.05, 0.1) is 0 Å². The molecule has 0 aromatic heterocycles. The van der Waals surface area contributed by atoms with E-state index in [4.69, 9.17) is 5.73 Å². The molecule has 0 aliphatic carbocycles. The molecule has 4 heteroatoms. The third-order valence-corrected chi connectivity index (χ3v) is 3.79. The van der Waals surface area contributed by atoms with Gasteiger partial charge in [-0.1, -0.05) is 20.8 Å². The van der Waals surface area contributed by atoms with Crippen LogP contribution in [-0.4, -0.2) is 55.0 Å². The quantitative estimate of drug-likeness (QED) is 0.845. The number of nitrogens with two attached hydrogens (primary N) is 1. The van der Waals surface area contributed by atoms with E-state index in [0.717, 1.165) is 25.9 Å². The van der Waals surface area contributed by atoms with E-state index in [-0.39, 0.29) is 17.4 Å². The molecular formula is C15H31N3O. The first kappa shape index (κ1) is 16.4. The number of nitrogens with zero attached hydrogens (tertiary/aromatic N) is 2. The Labute approximate surface area is 118 Å². The van der Waals surface area contributed by atoms with E-state index < -0.39 is 0 Å². The Kier molecular flexibility index (Phi) is 5.81. The Morgan fingerprint density at radius 2 is 2.05 bits per heavy atom. The third kappa shape index (κ3) is 5.91. The van der Waals surface area contributed by atoms with Gasteiger partial charge in [0.2, 0.25) is 5.91 Å². The number of hydrogen-bond acceptors (Lipinski definition) is 3. The number of likely N-dealkylation sites (tertiary alicyclic amines) is 1. The van der Waals surface area contributed by atoms with Gasteiger partial charge in [-0.05, 0) is 38.8 Å². The number of carbonyl (C=O) groups excluding carboxylic acids is 1. The predicted molar refractivity (Wildman–Crippen MR) is 80.0 cm³/mol. The SMILES string of the molecule is CN(C)C1CCCN(C(=O)CC(N)CC(C)(C)C)C1. The molecule has 0 radical (unpaired) electrons. The van der Waals surface area contributed by atoms with Crippen LogP contribution < -0.4 is 5.73 Å². The highest BCUT2D eigenvalue weighted by Gasteiger charge is 2.26. The van der Waals surface area contributed by atoms with Crippen LogP contribution in [0.5, 0.6) is 0 Å². The fraction of sp³-hybridized carbons (Fsp3) is 0.933. The summed E-state index contributed by atoms with van der Waals surface area (Å²) in [6.07, 6.45) is 3.66. The Bertz CT molecular complexity index is 296. The van der Waals surface area contributed by atoms with Crippen LogP contribution in [0.4, 0.5) is 0 Å². The Morgan fingerprint density at radius 3 is 2.58 bits per heavy atom. The first-order valence-electron chi connectivity index (χ1n) is 7.39.